The first-order valence-electron chi connectivity index (χ1n) is 2.73. The molecule has 1 aliphatic rings. The van der Waals surface area contributed by atoms with Gasteiger partial charge in [0.15, 0.2) is 0 Å². The van der Waals surface area contributed by atoms with Gasteiger partial charge in [-0.1, -0.05) is 18.2 Å². The SMILES string of the molecule is OCC1=CC=CC[CH]1. The Labute approximate surface area is 49.3 Å². The molecule has 0 bridgehead atoms. The van der Waals surface area contributed by atoms with Crippen LogP contribution in [0.2, 0.25) is 0 Å². The number of aliphatic hydroxyl groups is 1. The van der Waals surface area contributed by atoms with Crippen LogP contribution in [0.1, 0.15) is 6.42 Å². The molecule has 1 N–H and O–H groups in total. The Morgan fingerprint density at radius 3 is 2.88 bits per heavy atom. The van der Waals surface area contributed by atoms with Crippen LogP contribution in [0.4, 0.5) is 0 Å². The molecule has 0 aromatic carbocycles. The van der Waals surface area contributed by atoms with Crippen molar-refractivity contribution < 1.29 is 5.11 Å². The lowest BCUT2D eigenvalue weighted by Crippen LogP contribution is -1.92. The van der Waals surface area contributed by atoms with Crippen LogP contribution in [0.3, 0.4) is 0 Å². The Morgan fingerprint density at radius 2 is 2.50 bits per heavy atom. The molecule has 0 saturated carbocycles. The van der Waals surface area contributed by atoms with Crippen LogP contribution in [0.15, 0.2) is 23.8 Å². The van der Waals surface area contributed by atoms with Crippen LogP contribution in [-0.4, -0.2) is 11.7 Å². The maximum absolute atomic E-state index is 8.56. The lowest BCUT2D eigenvalue weighted by molar-refractivity contribution is 0.332. The molecule has 0 atom stereocenters. The van der Waals surface area contributed by atoms with Crippen molar-refractivity contribution in [2.24, 2.45) is 0 Å². The van der Waals surface area contributed by atoms with E-state index in [2.05, 4.69) is 6.08 Å². The van der Waals surface area contributed by atoms with E-state index in [1.807, 2.05) is 18.6 Å². The number of hydrogen-bond donors (Lipinski definition) is 1. The van der Waals surface area contributed by atoms with Crippen molar-refractivity contribution in [2.45, 2.75) is 6.42 Å². The van der Waals surface area contributed by atoms with E-state index in [0.29, 0.717) is 0 Å². The predicted molar refractivity (Wildman–Crippen MR) is 33.2 cm³/mol. The second-order valence-corrected chi connectivity index (χ2v) is 1.77. The second-order valence-electron chi connectivity index (χ2n) is 1.77. The molecule has 0 spiro atoms. The minimum atomic E-state index is 0.171. The third kappa shape index (κ3) is 1.20. The van der Waals surface area contributed by atoms with Gasteiger partial charge < -0.3 is 5.11 Å². The van der Waals surface area contributed by atoms with Gasteiger partial charge in [0.05, 0.1) is 6.61 Å². The molecular formula is C7H9O. The van der Waals surface area contributed by atoms with E-state index in [4.69, 9.17) is 5.11 Å². The second kappa shape index (κ2) is 2.68. The highest BCUT2D eigenvalue weighted by Gasteiger charge is 1.95. The molecule has 0 heterocycles. The summed E-state index contributed by atoms with van der Waals surface area (Å²) in [6.45, 7) is 0.171. The van der Waals surface area contributed by atoms with Crippen LogP contribution in [-0.2, 0) is 0 Å². The average Bonchev–Trinajstić information content (AvgIpc) is 1.90. The largest absolute Gasteiger partial charge is 0.392 e. The lowest BCUT2D eigenvalue weighted by Gasteiger charge is -2.02. The van der Waals surface area contributed by atoms with Gasteiger partial charge in [-0.3, -0.25) is 0 Å². The molecule has 0 fully saturated rings. The van der Waals surface area contributed by atoms with E-state index < -0.39 is 0 Å². The number of rotatable bonds is 1. The van der Waals surface area contributed by atoms with E-state index in [-0.39, 0.29) is 6.61 Å². The van der Waals surface area contributed by atoms with E-state index in [9.17, 15) is 0 Å². The van der Waals surface area contributed by atoms with Crippen molar-refractivity contribution in [3.05, 3.63) is 30.2 Å². The van der Waals surface area contributed by atoms with Gasteiger partial charge in [-0.05, 0) is 18.4 Å². The third-order valence-corrected chi connectivity index (χ3v) is 1.15. The van der Waals surface area contributed by atoms with Crippen LogP contribution in [0.5, 0.6) is 0 Å². The summed E-state index contributed by atoms with van der Waals surface area (Å²) in [7, 11) is 0. The molecule has 0 aromatic heterocycles. The zero-order chi connectivity index (χ0) is 5.82. The zero-order valence-corrected chi connectivity index (χ0v) is 4.67. The minimum Gasteiger partial charge on any atom is -0.392 e. The molecule has 0 aromatic rings. The van der Waals surface area contributed by atoms with Crippen molar-refractivity contribution in [3.8, 4) is 0 Å². The first-order chi connectivity index (χ1) is 3.93. The Bertz CT molecular complexity index is 122. The van der Waals surface area contributed by atoms with Gasteiger partial charge in [0.1, 0.15) is 0 Å². The summed E-state index contributed by atoms with van der Waals surface area (Å²) in [6, 6.07) is 0. The van der Waals surface area contributed by atoms with E-state index in [1.165, 1.54) is 0 Å². The summed E-state index contributed by atoms with van der Waals surface area (Å²) in [5.41, 5.74) is 1.02. The van der Waals surface area contributed by atoms with Gasteiger partial charge in [0, 0.05) is 0 Å². The maximum atomic E-state index is 8.56. The monoisotopic (exact) mass is 109 g/mol. The van der Waals surface area contributed by atoms with Crippen molar-refractivity contribution in [2.75, 3.05) is 6.61 Å². The summed E-state index contributed by atoms with van der Waals surface area (Å²) in [6.07, 6.45) is 8.92. The molecule has 0 unspecified atom stereocenters. The first-order valence-corrected chi connectivity index (χ1v) is 2.73. The average molecular weight is 109 g/mol. The quantitative estimate of drug-likeness (QED) is 0.534. The van der Waals surface area contributed by atoms with E-state index in [0.717, 1.165) is 12.0 Å². The standard InChI is InChI=1S/C7H9O/c8-6-7-4-2-1-3-5-7/h1-2,4-5,8H,3,6H2. The molecule has 0 saturated heterocycles. The first kappa shape index (κ1) is 5.57. The molecule has 0 aliphatic heterocycles. The normalized spacial score (nSPS) is 18.4. The lowest BCUT2D eigenvalue weighted by atomic mass is 10.1. The van der Waals surface area contributed by atoms with Crippen molar-refractivity contribution >= 4 is 0 Å². The summed E-state index contributed by atoms with van der Waals surface area (Å²) in [5, 5.41) is 8.56. The smallest absolute Gasteiger partial charge is 0.0647 e. The fraction of sp³-hybridized carbons (Fsp3) is 0.286. The molecule has 1 aliphatic carbocycles. The molecular weight excluding hydrogens is 100 g/mol. The van der Waals surface area contributed by atoms with Crippen LogP contribution < -0.4 is 0 Å². The summed E-state index contributed by atoms with van der Waals surface area (Å²) >= 11 is 0. The van der Waals surface area contributed by atoms with Crippen LogP contribution in [0, 0.1) is 6.42 Å². The van der Waals surface area contributed by atoms with Crippen molar-refractivity contribution in [1.29, 1.82) is 0 Å². The zero-order valence-electron chi connectivity index (χ0n) is 4.67. The van der Waals surface area contributed by atoms with Gasteiger partial charge >= 0.3 is 0 Å². The highest BCUT2D eigenvalue weighted by molar-refractivity contribution is 5.25. The van der Waals surface area contributed by atoms with Gasteiger partial charge in [-0.25, -0.2) is 0 Å². The van der Waals surface area contributed by atoms with Gasteiger partial charge in [0.2, 0.25) is 0 Å². The highest BCUT2D eigenvalue weighted by Crippen LogP contribution is 2.08. The molecule has 8 heavy (non-hydrogen) atoms. The molecule has 1 radical (unpaired) electrons. The molecule has 1 nitrogen and oxygen atoms in total. The van der Waals surface area contributed by atoms with Gasteiger partial charge in [-0.2, -0.15) is 0 Å². The summed E-state index contributed by atoms with van der Waals surface area (Å²) < 4.78 is 0. The minimum absolute atomic E-state index is 0.171. The van der Waals surface area contributed by atoms with Crippen LogP contribution >= 0.6 is 0 Å². The molecule has 0 amide bonds. The third-order valence-electron chi connectivity index (χ3n) is 1.15. The van der Waals surface area contributed by atoms with E-state index in [1.54, 1.807) is 0 Å². The Morgan fingerprint density at radius 1 is 1.62 bits per heavy atom. The number of aliphatic hydroxyl groups excluding tert-OH is 1. The number of allylic oxidation sites excluding steroid dienone is 3. The molecule has 43 valence electrons. The maximum Gasteiger partial charge on any atom is 0.0647 e. The fourth-order valence-corrected chi connectivity index (χ4v) is 0.675. The predicted octanol–water partition coefficient (Wildman–Crippen LogP) is 1.07. The van der Waals surface area contributed by atoms with Gasteiger partial charge in [0.25, 0.3) is 0 Å². The van der Waals surface area contributed by atoms with Crippen molar-refractivity contribution in [3.63, 3.8) is 0 Å². The molecule has 1 rings (SSSR count). The van der Waals surface area contributed by atoms with E-state index >= 15 is 0 Å². The Hall–Kier alpha value is -0.560. The highest BCUT2D eigenvalue weighted by atomic mass is 16.3. The van der Waals surface area contributed by atoms with Crippen LogP contribution in [0.25, 0.3) is 0 Å². The Balaban J connectivity index is 2.50. The topological polar surface area (TPSA) is 20.2 Å². The number of hydrogen-bond acceptors (Lipinski definition) is 1. The Kier molecular flexibility index (Phi) is 1.86. The summed E-state index contributed by atoms with van der Waals surface area (Å²) in [5.74, 6) is 0. The van der Waals surface area contributed by atoms with Crippen molar-refractivity contribution in [1.82, 2.24) is 0 Å². The molecule has 1 heteroatoms. The summed E-state index contributed by atoms with van der Waals surface area (Å²) in [4.78, 5) is 0. The van der Waals surface area contributed by atoms with Gasteiger partial charge in [-0.15, -0.1) is 0 Å². The fourth-order valence-electron chi connectivity index (χ4n) is 0.675.